The minimum atomic E-state index is -0.883. The maximum absolute atomic E-state index is 13.2. The molecule has 2 amide bonds. The molecule has 2 aliphatic heterocycles. The molecule has 2 aliphatic rings. The Balaban J connectivity index is 1.51. The van der Waals surface area contributed by atoms with Gasteiger partial charge in [0.15, 0.2) is 5.72 Å². The van der Waals surface area contributed by atoms with Gasteiger partial charge < -0.3 is 37.7 Å². The molecular formula is C23H27N7O3. The fraction of sp³-hybridized carbons (Fsp3) is 0.304. The normalized spacial score (nSPS) is 17.2. The maximum Gasteiger partial charge on any atom is 0.258 e. The van der Waals surface area contributed by atoms with E-state index in [1.165, 1.54) is 0 Å². The van der Waals surface area contributed by atoms with Gasteiger partial charge in [-0.3, -0.25) is 9.59 Å². The molecule has 0 unspecified atom stereocenters. The summed E-state index contributed by atoms with van der Waals surface area (Å²) in [7, 11) is 0. The zero-order valence-corrected chi connectivity index (χ0v) is 18.4. The summed E-state index contributed by atoms with van der Waals surface area (Å²) in [6, 6.07) is 8.41. The Morgan fingerprint density at radius 1 is 1.27 bits per heavy atom. The number of nitrogen functional groups attached to an aromatic ring is 1. The number of hydrazone groups is 1. The number of amides is 2. The van der Waals surface area contributed by atoms with Crippen LogP contribution in [-0.2, 0) is 6.42 Å². The lowest BCUT2D eigenvalue weighted by atomic mass is 9.95. The molecule has 0 saturated carbocycles. The molecule has 1 spiro atoms. The number of aryl methyl sites for hydroxylation is 1. The summed E-state index contributed by atoms with van der Waals surface area (Å²) < 4.78 is 6.19. The van der Waals surface area contributed by atoms with Gasteiger partial charge in [0, 0.05) is 54.5 Å². The number of nitrogens with zero attached hydrogens (tertiary/aromatic N) is 2. The van der Waals surface area contributed by atoms with Crippen LogP contribution in [0.3, 0.4) is 0 Å². The van der Waals surface area contributed by atoms with E-state index in [9.17, 15) is 9.59 Å². The van der Waals surface area contributed by atoms with Gasteiger partial charge in [-0.25, -0.2) is 0 Å². The highest BCUT2D eigenvalue weighted by atomic mass is 16.5. The van der Waals surface area contributed by atoms with E-state index in [1.807, 2.05) is 6.92 Å². The SMILES string of the molecule is CCc1cc(C(=O)N2CCC3(CC2)NC(=O)c2cc(C(N)=NN)ccc2O3)cc(C=N)c1N. The number of amidine groups is 1. The highest BCUT2D eigenvalue weighted by molar-refractivity contribution is 6.03. The number of anilines is 1. The molecule has 1 fully saturated rings. The van der Waals surface area contributed by atoms with E-state index in [0.717, 1.165) is 11.8 Å². The van der Waals surface area contributed by atoms with Crippen molar-refractivity contribution >= 4 is 29.6 Å². The molecule has 2 aromatic rings. The van der Waals surface area contributed by atoms with Crippen molar-refractivity contribution in [2.24, 2.45) is 16.7 Å². The van der Waals surface area contributed by atoms with Crippen LogP contribution in [0.1, 0.15) is 57.2 Å². The Labute approximate surface area is 191 Å². The molecule has 0 radical (unpaired) electrons. The van der Waals surface area contributed by atoms with Crippen LogP contribution in [0.4, 0.5) is 5.69 Å². The minimum absolute atomic E-state index is 0.123. The zero-order chi connectivity index (χ0) is 23.8. The number of piperidine rings is 1. The van der Waals surface area contributed by atoms with Gasteiger partial charge in [0.25, 0.3) is 11.8 Å². The minimum Gasteiger partial charge on any atom is -0.467 e. The van der Waals surface area contributed by atoms with Crippen molar-refractivity contribution in [1.29, 1.82) is 5.41 Å². The lowest BCUT2D eigenvalue weighted by molar-refractivity contribution is -0.0245. The number of fused-ring (bicyclic) bond motifs is 1. The number of benzene rings is 2. The molecule has 0 aromatic heterocycles. The molecule has 33 heavy (non-hydrogen) atoms. The van der Waals surface area contributed by atoms with Crippen LogP contribution in [0.25, 0.3) is 0 Å². The van der Waals surface area contributed by atoms with Gasteiger partial charge in [-0.05, 0) is 42.3 Å². The maximum atomic E-state index is 13.2. The molecule has 0 bridgehead atoms. The van der Waals surface area contributed by atoms with E-state index in [1.54, 1.807) is 35.2 Å². The monoisotopic (exact) mass is 449 g/mol. The Hall–Kier alpha value is -4.08. The van der Waals surface area contributed by atoms with Crippen LogP contribution in [0.2, 0.25) is 0 Å². The second-order valence-electron chi connectivity index (χ2n) is 8.20. The smallest absolute Gasteiger partial charge is 0.258 e. The molecule has 1 saturated heterocycles. The standard InChI is InChI=1S/C23H27N7O3/c1-2-13-9-15(10-16(12-24)19(13)25)22(32)30-7-5-23(6-8-30)28-21(31)17-11-14(20(26)29-27)3-4-18(17)33-23/h3-4,9-12,24H,2,5-8,25,27H2,1H3,(H2,26,29)(H,28,31). The van der Waals surface area contributed by atoms with Crippen molar-refractivity contribution in [2.45, 2.75) is 31.9 Å². The van der Waals surface area contributed by atoms with Crippen molar-refractivity contribution in [2.75, 3.05) is 18.8 Å². The van der Waals surface area contributed by atoms with Gasteiger partial charge in [0.2, 0.25) is 0 Å². The molecule has 172 valence electrons. The van der Waals surface area contributed by atoms with Crippen LogP contribution in [0, 0.1) is 5.41 Å². The number of hydrogen-bond donors (Lipinski definition) is 5. The molecule has 2 aromatic carbocycles. The first-order chi connectivity index (χ1) is 15.8. The predicted octanol–water partition coefficient (Wildman–Crippen LogP) is 1.16. The van der Waals surface area contributed by atoms with E-state index >= 15 is 0 Å². The van der Waals surface area contributed by atoms with Gasteiger partial charge >= 0.3 is 0 Å². The first-order valence-electron chi connectivity index (χ1n) is 10.7. The lowest BCUT2D eigenvalue weighted by Crippen LogP contribution is -2.61. The lowest BCUT2D eigenvalue weighted by Gasteiger charge is -2.44. The number of nitrogens with one attached hydrogen (secondary N) is 2. The highest BCUT2D eigenvalue weighted by Gasteiger charge is 2.43. The fourth-order valence-corrected chi connectivity index (χ4v) is 4.29. The van der Waals surface area contributed by atoms with Gasteiger partial charge in [0.1, 0.15) is 11.6 Å². The summed E-state index contributed by atoms with van der Waals surface area (Å²) in [5.74, 6) is 5.40. The number of nitrogens with two attached hydrogens (primary N) is 3. The van der Waals surface area contributed by atoms with Crippen LogP contribution < -0.4 is 27.4 Å². The number of carbonyl (C=O) groups excluding carboxylic acids is 2. The quantitative estimate of drug-likeness (QED) is 0.154. The average molecular weight is 450 g/mol. The van der Waals surface area contributed by atoms with E-state index in [4.69, 9.17) is 27.5 Å². The van der Waals surface area contributed by atoms with Crippen LogP contribution in [0.15, 0.2) is 35.4 Å². The number of ether oxygens (including phenoxy) is 1. The van der Waals surface area contributed by atoms with E-state index in [2.05, 4.69) is 10.4 Å². The fourth-order valence-electron chi connectivity index (χ4n) is 4.29. The highest BCUT2D eigenvalue weighted by Crippen LogP contribution is 2.34. The third-order valence-electron chi connectivity index (χ3n) is 6.25. The summed E-state index contributed by atoms with van der Waals surface area (Å²) in [6.45, 7) is 2.77. The Morgan fingerprint density at radius 2 is 2.00 bits per heavy atom. The summed E-state index contributed by atoms with van der Waals surface area (Å²) in [5, 5.41) is 14.0. The van der Waals surface area contributed by atoms with Crippen LogP contribution in [0.5, 0.6) is 5.75 Å². The number of carbonyl (C=O) groups is 2. The Kier molecular flexibility index (Phi) is 5.67. The first kappa shape index (κ1) is 22.1. The number of likely N-dealkylation sites (tertiary alicyclic amines) is 1. The molecule has 10 nitrogen and oxygen atoms in total. The van der Waals surface area contributed by atoms with Crippen molar-refractivity contribution in [3.63, 3.8) is 0 Å². The van der Waals surface area contributed by atoms with E-state index < -0.39 is 5.72 Å². The molecule has 0 atom stereocenters. The van der Waals surface area contributed by atoms with Crippen LogP contribution in [-0.4, -0.2) is 47.6 Å². The molecule has 8 N–H and O–H groups in total. The van der Waals surface area contributed by atoms with Crippen LogP contribution >= 0.6 is 0 Å². The Bertz CT molecular complexity index is 1170. The molecule has 4 rings (SSSR count). The Morgan fingerprint density at radius 3 is 2.64 bits per heavy atom. The molecular weight excluding hydrogens is 422 g/mol. The van der Waals surface area contributed by atoms with Gasteiger partial charge in [-0.2, -0.15) is 5.10 Å². The first-order valence-corrected chi connectivity index (χ1v) is 10.7. The van der Waals surface area contributed by atoms with Crippen molar-refractivity contribution in [3.8, 4) is 5.75 Å². The zero-order valence-electron chi connectivity index (χ0n) is 18.4. The van der Waals surface area contributed by atoms with Gasteiger partial charge in [-0.15, -0.1) is 0 Å². The number of hydrogen-bond acceptors (Lipinski definition) is 7. The predicted molar refractivity (Wildman–Crippen MR) is 125 cm³/mol. The molecule has 2 heterocycles. The molecule has 10 heteroatoms. The third kappa shape index (κ3) is 3.95. The van der Waals surface area contributed by atoms with Gasteiger partial charge in [-0.1, -0.05) is 6.92 Å². The molecule has 0 aliphatic carbocycles. The summed E-state index contributed by atoms with van der Waals surface area (Å²) >= 11 is 0. The largest absolute Gasteiger partial charge is 0.467 e. The number of rotatable bonds is 4. The van der Waals surface area contributed by atoms with Crippen molar-refractivity contribution in [3.05, 3.63) is 58.1 Å². The van der Waals surface area contributed by atoms with Gasteiger partial charge in [0.05, 0.1) is 5.56 Å². The van der Waals surface area contributed by atoms with Crippen molar-refractivity contribution in [1.82, 2.24) is 10.2 Å². The summed E-state index contributed by atoms with van der Waals surface area (Å²) in [5.41, 5.74) is 14.2. The van der Waals surface area contributed by atoms with E-state index in [-0.39, 0.29) is 17.6 Å². The van der Waals surface area contributed by atoms with Crippen molar-refractivity contribution < 1.29 is 14.3 Å². The topological polar surface area (TPSA) is 173 Å². The second kappa shape index (κ2) is 8.45. The third-order valence-corrected chi connectivity index (χ3v) is 6.25. The average Bonchev–Trinajstić information content (AvgIpc) is 2.83. The summed E-state index contributed by atoms with van der Waals surface area (Å²) in [6.07, 6.45) is 2.70. The second-order valence-corrected chi connectivity index (χ2v) is 8.20. The van der Waals surface area contributed by atoms with E-state index in [0.29, 0.717) is 66.0 Å². The summed E-state index contributed by atoms with van der Waals surface area (Å²) in [4.78, 5) is 27.7.